The maximum atomic E-state index is 11.8. The molecule has 3 N–H and O–H groups in total. The van der Waals surface area contributed by atoms with Gasteiger partial charge in [0.05, 0.1) is 17.3 Å². The summed E-state index contributed by atoms with van der Waals surface area (Å²) in [5, 5.41) is 13.9. The smallest absolute Gasteiger partial charge is 0.313 e. The number of halogens is 1. The van der Waals surface area contributed by atoms with Crippen molar-refractivity contribution in [3.8, 4) is 0 Å². The maximum Gasteiger partial charge on any atom is 0.313 e. The summed E-state index contributed by atoms with van der Waals surface area (Å²) in [5.41, 5.74) is 0.938. The van der Waals surface area contributed by atoms with E-state index in [0.29, 0.717) is 29.4 Å². The minimum Gasteiger partial charge on any atom is -0.394 e. The molecule has 7 nitrogen and oxygen atoms in total. The minimum absolute atomic E-state index is 0.0149. The number of anilines is 2. The molecule has 1 heterocycles. The van der Waals surface area contributed by atoms with Crippen LogP contribution in [0.3, 0.4) is 0 Å². The van der Waals surface area contributed by atoms with Crippen molar-refractivity contribution in [2.45, 2.75) is 25.8 Å². The number of carbonyl (C=O) groups is 3. The Morgan fingerprint density at radius 1 is 1.39 bits per heavy atom. The van der Waals surface area contributed by atoms with E-state index in [4.69, 9.17) is 16.7 Å². The molecule has 0 aromatic heterocycles. The van der Waals surface area contributed by atoms with Gasteiger partial charge in [-0.05, 0) is 31.5 Å². The highest BCUT2D eigenvalue weighted by Crippen LogP contribution is 2.31. The second-order valence-corrected chi connectivity index (χ2v) is 5.73. The van der Waals surface area contributed by atoms with Crippen LogP contribution in [0.1, 0.15) is 19.8 Å². The number of nitrogens with one attached hydrogen (secondary N) is 2. The van der Waals surface area contributed by atoms with Gasteiger partial charge in [0, 0.05) is 24.7 Å². The number of hydrogen-bond acceptors (Lipinski definition) is 4. The molecule has 1 fully saturated rings. The quantitative estimate of drug-likeness (QED) is 0.710. The van der Waals surface area contributed by atoms with Gasteiger partial charge in [0.2, 0.25) is 5.91 Å². The molecule has 0 spiro atoms. The summed E-state index contributed by atoms with van der Waals surface area (Å²) in [5.74, 6) is -1.69. The highest BCUT2D eigenvalue weighted by molar-refractivity contribution is 6.40. The lowest BCUT2D eigenvalue weighted by Gasteiger charge is -2.18. The van der Waals surface area contributed by atoms with Crippen LogP contribution in [-0.4, -0.2) is 42.0 Å². The van der Waals surface area contributed by atoms with Crippen LogP contribution in [0.2, 0.25) is 5.02 Å². The molecule has 1 aromatic carbocycles. The molecule has 0 bridgehead atoms. The predicted molar refractivity (Wildman–Crippen MR) is 86.4 cm³/mol. The number of nitrogens with zero attached hydrogens (tertiary/aromatic N) is 1. The van der Waals surface area contributed by atoms with E-state index in [1.54, 1.807) is 24.0 Å². The van der Waals surface area contributed by atoms with Gasteiger partial charge in [-0.15, -0.1) is 0 Å². The molecule has 1 aromatic rings. The van der Waals surface area contributed by atoms with Gasteiger partial charge in [-0.1, -0.05) is 11.6 Å². The molecule has 1 aliphatic heterocycles. The average Bonchev–Trinajstić information content (AvgIpc) is 2.93. The topological polar surface area (TPSA) is 98.7 Å². The molecule has 0 radical (unpaired) electrons. The van der Waals surface area contributed by atoms with E-state index >= 15 is 0 Å². The number of rotatable bonds is 4. The fourth-order valence-electron chi connectivity index (χ4n) is 2.23. The van der Waals surface area contributed by atoms with E-state index in [2.05, 4.69) is 10.6 Å². The zero-order valence-corrected chi connectivity index (χ0v) is 13.4. The van der Waals surface area contributed by atoms with Gasteiger partial charge in [-0.25, -0.2) is 0 Å². The first kappa shape index (κ1) is 17.2. The summed E-state index contributed by atoms with van der Waals surface area (Å²) in [6.07, 6.45) is 1.29. The van der Waals surface area contributed by atoms with Crippen LogP contribution in [0, 0.1) is 0 Å². The van der Waals surface area contributed by atoms with Gasteiger partial charge >= 0.3 is 11.8 Å². The van der Waals surface area contributed by atoms with E-state index in [9.17, 15) is 14.4 Å². The molecule has 0 saturated carbocycles. The fraction of sp³-hybridized carbons (Fsp3) is 0.400. The van der Waals surface area contributed by atoms with Crippen molar-refractivity contribution in [1.82, 2.24) is 5.32 Å². The number of amides is 3. The van der Waals surface area contributed by atoms with Crippen LogP contribution in [0.15, 0.2) is 18.2 Å². The lowest BCUT2D eigenvalue weighted by atomic mass is 10.2. The first-order valence-electron chi connectivity index (χ1n) is 7.25. The third-order valence-corrected chi connectivity index (χ3v) is 3.73. The molecule has 3 amide bonds. The third kappa shape index (κ3) is 4.20. The summed E-state index contributed by atoms with van der Waals surface area (Å²) < 4.78 is 0. The van der Waals surface area contributed by atoms with Gasteiger partial charge < -0.3 is 20.6 Å². The van der Waals surface area contributed by atoms with Crippen molar-refractivity contribution >= 4 is 40.7 Å². The Hall–Kier alpha value is -2.12. The number of hydrogen-bond donors (Lipinski definition) is 3. The van der Waals surface area contributed by atoms with E-state index in [1.165, 1.54) is 6.07 Å². The minimum atomic E-state index is -0.855. The first-order chi connectivity index (χ1) is 10.9. The Bertz CT molecular complexity index is 635. The molecule has 23 heavy (non-hydrogen) atoms. The van der Waals surface area contributed by atoms with Crippen LogP contribution in [-0.2, 0) is 14.4 Å². The molecule has 8 heteroatoms. The molecular formula is C15H18ClN3O4. The zero-order valence-electron chi connectivity index (χ0n) is 12.6. The molecule has 1 unspecified atom stereocenters. The van der Waals surface area contributed by atoms with Gasteiger partial charge in [-0.3, -0.25) is 14.4 Å². The van der Waals surface area contributed by atoms with Crippen LogP contribution in [0.25, 0.3) is 0 Å². The first-order valence-corrected chi connectivity index (χ1v) is 7.62. The van der Waals surface area contributed by atoms with Gasteiger partial charge in [0.25, 0.3) is 0 Å². The highest BCUT2D eigenvalue weighted by Gasteiger charge is 2.24. The lowest BCUT2D eigenvalue weighted by molar-refractivity contribution is -0.136. The Labute approximate surface area is 138 Å². The summed E-state index contributed by atoms with van der Waals surface area (Å²) in [4.78, 5) is 36.7. The second-order valence-electron chi connectivity index (χ2n) is 5.33. The molecule has 1 saturated heterocycles. The Morgan fingerprint density at radius 3 is 2.70 bits per heavy atom. The zero-order chi connectivity index (χ0) is 17.0. The Morgan fingerprint density at radius 2 is 2.13 bits per heavy atom. The number of benzene rings is 1. The maximum absolute atomic E-state index is 11.8. The summed E-state index contributed by atoms with van der Waals surface area (Å²) >= 11 is 6.17. The number of aliphatic hydroxyl groups excluding tert-OH is 1. The normalized spacial score (nSPS) is 15.4. The number of carbonyl (C=O) groups excluding carboxylic acids is 3. The molecular weight excluding hydrogens is 322 g/mol. The molecule has 1 atom stereocenters. The van der Waals surface area contributed by atoms with Gasteiger partial charge in [0.15, 0.2) is 0 Å². The van der Waals surface area contributed by atoms with Crippen LogP contribution < -0.4 is 15.5 Å². The van der Waals surface area contributed by atoms with E-state index in [-0.39, 0.29) is 12.5 Å². The molecule has 1 aliphatic rings. The highest BCUT2D eigenvalue weighted by atomic mass is 35.5. The second kappa shape index (κ2) is 7.43. The molecule has 0 aliphatic carbocycles. The summed E-state index contributed by atoms with van der Waals surface area (Å²) in [6, 6.07) is 4.19. The fourth-order valence-corrected chi connectivity index (χ4v) is 2.51. The SMILES string of the molecule is CC(CO)NC(=O)C(=O)Nc1ccc(N2CCCC2=O)c(Cl)c1. The predicted octanol–water partition coefficient (Wildman–Crippen LogP) is 0.902. The monoisotopic (exact) mass is 339 g/mol. The van der Waals surface area contributed by atoms with Crippen LogP contribution >= 0.6 is 11.6 Å². The van der Waals surface area contributed by atoms with Crippen molar-refractivity contribution in [2.75, 3.05) is 23.4 Å². The van der Waals surface area contributed by atoms with E-state index in [0.717, 1.165) is 6.42 Å². The van der Waals surface area contributed by atoms with Crippen LogP contribution in [0.4, 0.5) is 11.4 Å². The van der Waals surface area contributed by atoms with Crippen molar-refractivity contribution in [2.24, 2.45) is 0 Å². The van der Waals surface area contributed by atoms with Gasteiger partial charge in [-0.2, -0.15) is 0 Å². The molecule has 2 rings (SSSR count). The van der Waals surface area contributed by atoms with Crippen molar-refractivity contribution in [1.29, 1.82) is 0 Å². The van der Waals surface area contributed by atoms with Crippen LogP contribution in [0.5, 0.6) is 0 Å². The lowest BCUT2D eigenvalue weighted by Crippen LogP contribution is -2.42. The van der Waals surface area contributed by atoms with Crippen molar-refractivity contribution < 1.29 is 19.5 Å². The molecule has 124 valence electrons. The van der Waals surface area contributed by atoms with E-state index in [1.807, 2.05) is 0 Å². The van der Waals surface area contributed by atoms with Gasteiger partial charge in [0.1, 0.15) is 0 Å². The Balaban J connectivity index is 2.04. The number of aliphatic hydroxyl groups is 1. The third-order valence-electron chi connectivity index (χ3n) is 3.43. The van der Waals surface area contributed by atoms with Crippen molar-refractivity contribution in [3.05, 3.63) is 23.2 Å². The largest absolute Gasteiger partial charge is 0.394 e. The van der Waals surface area contributed by atoms with E-state index < -0.39 is 17.9 Å². The van der Waals surface area contributed by atoms with Crippen molar-refractivity contribution in [3.63, 3.8) is 0 Å². The average molecular weight is 340 g/mol. The standard InChI is InChI=1S/C15H18ClN3O4/c1-9(8-20)17-14(22)15(23)18-10-4-5-12(11(16)7-10)19-6-2-3-13(19)21/h4-5,7,9,20H,2-3,6,8H2,1H3,(H,17,22)(H,18,23). The Kier molecular flexibility index (Phi) is 5.57. The summed E-state index contributed by atoms with van der Waals surface area (Å²) in [7, 11) is 0. The summed E-state index contributed by atoms with van der Waals surface area (Å²) in [6.45, 7) is 1.93.